The number of sulfonamides is 1. The summed E-state index contributed by atoms with van der Waals surface area (Å²) in [6.45, 7) is 6.64. The van der Waals surface area contributed by atoms with E-state index in [0.717, 1.165) is 24.7 Å². The molecule has 0 spiro atoms. The summed E-state index contributed by atoms with van der Waals surface area (Å²) in [6, 6.07) is 10.6. The number of carbonyl (C=O) groups is 1. The first kappa shape index (κ1) is 24.4. The highest BCUT2D eigenvalue weighted by atomic mass is 32.2. The van der Waals surface area contributed by atoms with E-state index in [4.69, 9.17) is 0 Å². The van der Waals surface area contributed by atoms with Crippen molar-refractivity contribution in [3.63, 3.8) is 0 Å². The van der Waals surface area contributed by atoms with Gasteiger partial charge in [-0.2, -0.15) is 4.31 Å². The van der Waals surface area contributed by atoms with Gasteiger partial charge >= 0.3 is 0 Å². The number of hydrogen-bond acceptors (Lipinski definition) is 5. The number of aryl methyl sites for hydroxylation is 1. The third-order valence-corrected chi connectivity index (χ3v) is 9.01. The number of sulfone groups is 1. The van der Waals surface area contributed by atoms with Gasteiger partial charge < -0.3 is 5.32 Å². The Morgan fingerprint density at radius 1 is 1.00 bits per heavy atom. The zero-order valence-electron chi connectivity index (χ0n) is 18.8. The van der Waals surface area contributed by atoms with Gasteiger partial charge in [-0.3, -0.25) is 4.79 Å². The molecular formula is C23H30N2O5S2. The van der Waals surface area contributed by atoms with E-state index >= 15 is 0 Å². The van der Waals surface area contributed by atoms with E-state index < -0.39 is 19.9 Å². The van der Waals surface area contributed by atoms with E-state index in [-0.39, 0.29) is 21.7 Å². The van der Waals surface area contributed by atoms with Gasteiger partial charge in [0, 0.05) is 24.9 Å². The topological polar surface area (TPSA) is 101 Å². The molecule has 1 aliphatic rings. The second-order valence-electron chi connectivity index (χ2n) is 8.60. The molecule has 1 amide bonds. The minimum atomic E-state index is -3.66. The first-order valence-electron chi connectivity index (χ1n) is 10.6. The van der Waals surface area contributed by atoms with Crippen molar-refractivity contribution < 1.29 is 21.6 Å². The summed E-state index contributed by atoms with van der Waals surface area (Å²) >= 11 is 0. The fourth-order valence-corrected chi connectivity index (χ4v) is 5.87. The lowest BCUT2D eigenvalue weighted by Crippen LogP contribution is -2.38. The number of rotatable bonds is 6. The number of nitrogens with zero attached hydrogens (tertiary/aromatic N) is 1. The SMILES string of the molecule is Cc1ccc(S(=O)(=O)N2CCC(C)CC2)cc1C(=O)NC(C)c1ccc(S(C)(=O)=O)cc1. The third-order valence-electron chi connectivity index (χ3n) is 5.99. The van der Waals surface area contributed by atoms with Crippen molar-refractivity contribution in [2.75, 3.05) is 19.3 Å². The largest absolute Gasteiger partial charge is 0.346 e. The van der Waals surface area contributed by atoms with Crippen molar-refractivity contribution in [2.45, 2.75) is 49.4 Å². The normalized spacial score (nSPS) is 17.1. The molecule has 2 aromatic carbocycles. The Hall–Kier alpha value is -2.23. The highest BCUT2D eigenvalue weighted by Crippen LogP contribution is 2.25. The zero-order valence-corrected chi connectivity index (χ0v) is 20.5. The summed E-state index contributed by atoms with van der Waals surface area (Å²) in [5.74, 6) is 0.125. The van der Waals surface area contributed by atoms with Crippen molar-refractivity contribution >= 4 is 25.8 Å². The van der Waals surface area contributed by atoms with Gasteiger partial charge in [-0.15, -0.1) is 0 Å². The van der Waals surface area contributed by atoms with Gasteiger partial charge in [0.1, 0.15) is 0 Å². The molecule has 0 saturated carbocycles. The minimum Gasteiger partial charge on any atom is -0.346 e. The molecule has 1 heterocycles. The van der Waals surface area contributed by atoms with Gasteiger partial charge in [0.05, 0.1) is 15.8 Å². The van der Waals surface area contributed by atoms with Crippen LogP contribution in [0.5, 0.6) is 0 Å². The summed E-state index contributed by atoms with van der Waals surface area (Å²) < 4.78 is 50.9. The van der Waals surface area contributed by atoms with Crippen LogP contribution in [0.1, 0.15) is 54.2 Å². The molecule has 9 heteroatoms. The molecule has 0 bridgehead atoms. The van der Waals surface area contributed by atoms with Gasteiger partial charge in [-0.25, -0.2) is 16.8 Å². The van der Waals surface area contributed by atoms with Gasteiger partial charge in [0.15, 0.2) is 9.84 Å². The molecule has 7 nitrogen and oxygen atoms in total. The molecule has 1 saturated heterocycles. The predicted molar refractivity (Wildman–Crippen MR) is 124 cm³/mol. The number of piperidine rings is 1. The van der Waals surface area contributed by atoms with Crippen LogP contribution in [0.25, 0.3) is 0 Å². The Morgan fingerprint density at radius 3 is 2.12 bits per heavy atom. The number of hydrogen-bond donors (Lipinski definition) is 1. The molecule has 1 atom stereocenters. The first-order chi connectivity index (χ1) is 14.9. The van der Waals surface area contributed by atoms with Crippen molar-refractivity contribution in [3.05, 3.63) is 59.2 Å². The number of carbonyl (C=O) groups excluding carboxylic acids is 1. The summed E-state index contributed by atoms with van der Waals surface area (Å²) in [6.07, 6.45) is 2.80. The van der Waals surface area contributed by atoms with Crippen LogP contribution >= 0.6 is 0 Å². The lowest BCUT2D eigenvalue weighted by Gasteiger charge is -2.29. The van der Waals surface area contributed by atoms with E-state index in [0.29, 0.717) is 30.1 Å². The molecule has 2 aromatic rings. The smallest absolute Gasteiger partial charge is 0.252 e. The maximum atomic E-state index is 13.1. The van der Waals surface area contributed by atoms with Crippen LogP contribution in [0.3, 0.4) is 0 Å². The Labute approximate surface area is 190 Å². The summed E-state index contributed by atoms with van der Waals surface area (Å²) in [5.41, 5.74) is 1.72. The zero-order chi connectivity index (χ0) is 23.7. The Morgan fingerprint density at radius 2 is 1.56 bits per heavy atom. The van der Waals surface area contributed by atoms with Crippen LogP contribution < -0.4 is 5.32 Å². The van der Waals surface area contributed by atoms with Crippen LogP contribution in [0, 0.1) is 12.8 Å². The summed E-state index contributed by atoms with van der Waals surface area (Å²) in [4.78, 5) is 13.3. The lowest BCUT2D eigenvalue weighted by molar-refractivity contribution is 0.0939. The van der Waals surface area contributed by atoms with Crippen LogP contribution in [0.4, 0.5) is 0 Å². The van der Waals surface area contributed by atoms with E-state index in [9.17, 15) is 21.6 Å². The Balaban J connectivity index is 1.79. The molecule has 174 valence electrons. The maximum absolute atomic E-state index is 13.1. The van der Waals surface area contributed by atoms with Crippen molar-refractivity contribution in [1.29, 1.82) is 0 Å². The Bertz CT molecular complexity index is 1200. The lowest BCUT2D eigenvalue weighted by atomic mass is 10.0. The standard InChI is InChI=1S/C23H30N2O5S2/c1-16-11-13-25(14-12-16)32(29,30)21-8-5-17(2)22(15-21)23(26)24-18(3)19-6-9-20(10-7-19)31(4,27)28/h5-10,15-16,18H,11-14H2,1-4H3,(H,24,26). The van der Waals surface area contributed by atoms with E-state index in [1.807, 2.05) is 0 Å². The molecule has 1 N–H and O–H groups in total. The van der Waals surface area contributed by atoms with Gasteiger partial charge in [-0.05, 0) is 68.0 Å². The molecule has 0 radical (unpaired) electrons. The van der Waals surface area contributed by atoms with Crippen molar-refractivity contribution in [1.82, 2.24) is 9.62 Å². The minimum absolute atomic E-state index is 0.118. The molecule has 1 aliphatic heterocycles. The van der Waals surface area contributed by atoms with Gasteiger partial charge in [0.25, 0.3) is 5.91 Å². The van der Waals surface area contributed by atoms with Crippen molar-refractivity contribution in [3.8, 4) is 0 Å². The predicted octanol–water partition coefficient (Wildman–Crippen LogP) is 3.31. The number of benzene rings is 2. The molecule has 1 unspecified atom stereocenters. The number of nitrogens with one attached hydrogen (secondary N) is 1. The van der Waals surface area contributed by atoms with Gasteiger partial charge in [-0.1, -0.05) is 25.1 Å². The summed E-state index contributed by atoms with van der Waals surface area (Å²) in [7, 11) is -6.96. The van der Waals surface area contributed by atoms with Crippen LogP contribution in [-0.4, -0.2) is 46.4 Å². The fourth-order valence-electron chi connectivity index (χ4n) is 3.74. The second kappa shape index (κ2) is 9.33. The molecule has 32 heavy (non-hydrogen) atoms. The maximum Gasteiger partial charge on any atom is 0.252 e. The first-order valence-corrected chi connectivity index (χ1v) is 13.9. The second-order valence-corrected chi connectivity index (χ2v) is 12.6. The molecule has 3 rings (SSSR count). The average molecular weight is 479 g/mol. The molecule has 0 aromatic heterocycles. The highest BCUT2D eigenvalue weighted by molar-refractivity contribution is 7.90. The summed E-state index contributed by atoms with van der Waals surface area (Å²) in [5, 5.41) is 2.88. The molecular weight excluding hydrogens is 448 g/mol. The van der Waals surface area contributed by atoms with Crippen LogP contribution in [-0.2, 0) is 19.9 Å². The van der Waals surface area contributed by atoms with Gasteiger partial charge in [0.2, 0.25) is 10.0 Å². The molecule has 1 fully saturated rings. The Kier molecular flexibility index (Phi) is 7.12. The average Bonchev–Trinajstić information content (AvgIpc) is 2.73. The third kappa shape index (κ3) is 5.39. The quantitative estimate of drug-likeness (QED) is 0.687. The van der Waals surface area contributed by atoms with Crippen molar-refractivity contribution in [2.24, 2.45) is 5.92 Å². The van der Waals surface area contributed by atoms with E-state index in [1.165, 1.54) is 22.5 Å². The highest BCUT2D eigenvalue weighted by Gasteiger charge is 2.29. The molecule has 0 aliphatic carbocycles. The monoisotopic (exact) mass is 478 g/mol. The van der Waals surface area contributed by atoms with Crippen LogP contribution in [0.2, 0.25) is 0 Å². The fraction of sp³-hybridized carbons (Fsp3) is 0.435. The number of amides is 1. The van der Waals surface area contributed by atoms with Crippen LogP contribution in [0.15, 0.2) is 52.3 Å². The van der Waals surface area contributed by atoms with E-state index in [2.05, 4.69) is 12.2 Å². The van der Waals surface area contributed by atoms with E-state index in [1.54, 1.807) is 38.1 Å².